The Kier molecular flexibility index (Phi) is 4.29. The Morgan fingerprint density at radius 3 is 2.61 bits per heavy atom. The SMILES string of the molecule is CC(NC1CCC(C)C1C)c1ccc(F)c(Cl)c1. The third-order valence-electron chi connectivity index (χ3n) is 4.37. The van der Waals surface area contributed by atoms with Gasteiger partial charge in [-0.2, -0.15) is 0 Å². The van der Waals surface area contributed by atoms with Crippen molar-refractivity contribution in [3.8, 4) is 0 Å². The summed E-state index contributed by atoms with van der Waals surface area (Å²) in [5.74, 6) is 1.13. The summed E-state index contributed by atoms with van der Waals surface area (Å²) in [5, 5.41) is 3.84. The highest BCUT2D eigenvalue weighted by Crippen LogP contribution is 2.33. The normalized spacial score (nSPS) is 29.5. The molecule has 4 unspecified atom stereocenters. The Hall–Kier alpha value is -0.600. The summed E-state index contributed by atoms with van der Waals surface area (Å²) in [5.41, 5.74) is 1.05. The van der Waals surface area contributed by atoms with Crippen LogP contribution in [0.15, 0.2) is 18.2 Å². The van der Waals surface area contributed by atoms with Crippen molar-refractivity contribution in [2.75, 3.05) is 0 Å². The minimum atomic E-state index is -0.351. The summed E-state index contributed by atoms with van der Waals surface area (Å²) in [6, 6.07) is 5.73. The van der Waals surface area contributed by atoms with Gasteiger partial charge in [-0.1, -0.05) is 31.5 Å². The Bertz CT molecular complexity index is 421. The van der Waals surface area contributed by atoms with Crippen molar-refractivity contribution in [3.05, 3.63) is 34.6 Å². The van der Waals surface area contributed by atoms with Crippen LogP contribution in [0, 0.1) is 17.7 Å². The van der Waals surface area contributed by atoms with Gasteiger partial charge in [0.25, 0.3) is 0 Å². The third kappa shape index (κ3) is 2.86. The number of halogens is 2. The molecule has 18 heavy (non-hydrogen) atoms. The standard InChI is InChI=1S/C15H21ClFN/c1-9-4-7-15(10(9)2)18-11(3)12-5-6-14(17)13(16)8-12/h5-6,8-11,15,18H,4,7H2,1-3H3. The van der Waals surface area contributed by atoms with E-state index in [4.69, 9.17) is 11.6 Å². The largest absolute Gasteiger partial charge is 0.307 e. The third-order valence-corrected chi connectivity index (χ3v) is 4.66. The molecule has 1 aromatic carbocycles. The van der Waals surface area contributed by atoms with E-state index in [0.717, 1.165) is 11.5 Å². The molecule has 4 atom stereocenters. The van der Waals surface area contributed by atoms with Crippen LogP contribution in [0.3, 0.4) is 0 Å². The lowest BCUT2D eigenvalue weighted by atomic mass is 9.96. The molecule has 1 saturated carbocycles. The molecule has 0 heterocycles. The first-order valence-corrected chi connectivity index (χ1v) is 7.08. The van der Waals surface area contributed by atoms with Crippen LogP contribution >= 0.6 is 11.6 Å². The zero-order valence-electron chi connectivity index (χ0n) is 11.2. The van der Waals surface area contributed by atoms with E-state index in [1.54, 1.807) is 6.07 Å². The molecule has 1 fully saturated rings. The molecule has 0 aliphatic heterocycles. The molecule has 0 aromatic heterocycles. The summed E-state index contributed by atoms with van der Waals surface area (Å²) in [7, 11) is 0. The van der Waals surface area contributed by atoms with E-state index < -0.39 is 0 Å². The maximum atomic E-state index is 13.1. The maximum absolute atomic E-state index is 13.1. The van der Waals surface area contributed by atoms with Gasteiger partial charge in [-0.3, -0.25) is 0 Å². The lowest BCUT2D eigenvalue weighted by Crippen LogP contribution is -2.34. The fraction of sp³-hybridized carbons (Fsp3) is 0.600. The fourth-order valence-corrected chi connectivity index (χ4v) is 2.99. The van der Waals surface area contributed by atoms with Gasteiger partial charge < -0.3 is 5.32 Å². The van der Waals surface area contributed by atoms with E-state index >= 15 is 0 Å². The number of nitrogens with one attached hydrogen (secondary N) is 1. The molecule has 100 valence electrons. The quantitative estimate of drug-likeness (QED) is 0.848. The molecular weight excluding hydrogens is 249 g/mol. The second-order valence-corrected chi connectivity index (χ2v) is 5.99. The van der Waals surface area contributed by atoms with Gasteiger partial charge in [0.2, 0.25) is 0 Å². The van der Waals surface area contributed by atoms with E-state index in [2.05, 4.69) is 26.1 Å². The minimum absolute atomic E-state index is 0.203. The Balaban J connectivity index is 2.03. The molecule has 0 saturated heterocycles. The molecule has 3 heteroatoms. The Morgan fingerprint density at radius 2 is 2.06 bits per heavy atom. The van der Waals surface area contributed by atoms with Crippen LogP contribution in [0.2, 0.25) is 5.02 Å². The van der Waals surface area contributed by atoms with Crippen LogP contribution in [-0.2, 0) is 0 Å². The van der Waals surface area contributed by atoms with Gasteiger partial charge in [-0.25, -0.2) is 4.39 Å². The topological polar surface area (TPSA) is 12.0 Å². The first-order chi connectivity index (χ1) is 8.49. The molecular formula is C15H21ClFN. The summed E-state index contributed by atoms with van der Waals surface area (Å²) in [6.45, 7) is 6.73. The number of hydrogen-bond donors (Lipinski definition) is 1. The van der Waals surface area contributed by atoms with Crippen molar-refractivity contribution >= 4 is 11.6 Å². The first kappa shape index (κ1) is 13.8. The lowest BCUT2D eigenvalue weighted by molar-refractivity contribution is 0.347. The monoisotopic (exact) mass is 269 g/mol. The molecule has 0 radical (unpaired) electrons. The lowest BCUT2D eigenvalue weighted by Gasteiger charge is -2.24. The minimum Gasteiger partial charge on any atom is -0.307 e. The zero-order valence-corrected chi connectivity index (χ0v) is 12.0. The highest BCUT2D eigenvalue weighted by Gasteiger charge is 2.30. The van der Waals surface area contributed by atoms with Gasteiger partial charge in [0.1, 0.15) is 5.82 Å². The van der Waals surface area contributed by atoms with Gasteiger partial charge in [0, 0.05) is 12.1 Å². The van der Waals surface area contributed by atoms with Crippen LogP contribution in [0.5, 0.6) is 0 Å². The van der Waals surface area contributed by atoms with E-state index in [1.165, 1.54) is 18.9 Å². The predicted molar refractivity (Wildman–Crippen MR) is 74.3 cm³/mol. The van der Waals surface area contributed by atoms with Gasteiger partial charge in [0.15, 0.2) is 0 Å². The molecule has 0 bridgehead atoms. The van der Waals surface area contributed by atoms with Crippen LogP contribution in [0.1, 0.15) is 45.2 Å². The van der Waals surface area contributed by atoms with Crippen LogP contribution < -0.4 is 5.32 Å². The van der Waals surface area contributed by atoms with Crippen LogP contribution in [-0.4, -0.2) is 6.04 Å². The average Bonchev–Trinajstić information content (AvgIpc) is 2.64. The second-order valence-electron chi connectivity index (χ2n) is 5.58. The Labute approximate surface area is 114 Å². The maximum Gasteiger partial charge on any atom is 0.141 e. The molecule has 1 aromatic rings. The summed E-state index contributed by atoms with van der Waals surface area (Å²) < 4.78 is 13.1. The summed E-state index contributed by atoms with van der Waals surface area (Å²) in [4.78, 5) is 0. The number of rotatable bonds is 3. The highest BCUT2D eigenvalue weighted by atomic mass is 35.5. The Morgan fingerprint density at radius 1 is 1.33 bits per heavy atom. The predicted octanol–water partition coefficient (Wildman–Crippen LogP) is 4.56. The van der Waals surface area contributed by atoms with E-state index in [0.29, 0.717) is 12.0 Å². The fourth-order valence-electron chi connectivity index (χ4n) is 2.80. The molecule has 0 amide bonds. The van der Waals surface area contributed by atoms with E-state index in [1.807, 2.05) is 6.07 Å². The van der Waals surface area contributed by atoms with Crippen molar-refractivity contribution in [3.63, 3.8) is 0 Å². The molecule has 0 spiro atoms. The van der Waals surface area contributed by atoms with Gasteiger partial charge in [0.05, 0.1) is 5.02 Å². The first-order valence-electron chi connectivity index (χ1n) is 6.70. The summed E-state index contributed by atoms with van der Waals surface area (Å²) in [6.07, 6.45) is 2.51. The smallest absolute Gasteiger partial charge is 0.141 e. The van der Waals surface area contributed by atoms with Crippen molar-refractivity contribution in [1.29, 1.82) is 0 Å². The van der Waals surface area contributed by atoms with Crippen molar-refractivity contribution in [2.45, 2.75) is 45.7 Å². The van der Waals surface area contributed by atoms with Crippen molar-refractivity contribution in [1.82, 2.24) is 5.32 Å². The average molecular weight is 270 g/mol. The van der Waals surface area contributed by atoms with E-state index in [9.17, 15) is 4.39 Å². The van der Waals surface area contributed by atoms with Gasteiger partial charge in [-0.15, -0.1) is 0 Å². The highest BCUT2D eigenvalue weighted by molar-refractivity contribution is 6.30. The van der Waals surface area contributed by atoms with Gasteiger partial charge in [-0.05, 0) is 49.3 Å². The zero-order chi connectivity index (χ0) is 13.3. The van der Waals surface area contributed by atoms with Crippen LogP contribution in [0.4, 0.5) is 4.39 Å². The molecule has 1 N–H and O–H groups in total. The number of hydrogen-bond acceptors (Lipinski definition) is 1. The molecule has 2 rings (SSSR count). The second kappa shape index (κ2) is 5.58. The molecule has 1 nitrogen and oxygen atoms in total. The van der Waals surface area contributed by atoms with E-state index in [-0.39, 0.29) is 16.9 Å². The van der Waals surface area contributed by atoms with Crippen molar-refractivity contribution < 1.29 is 4.39 Å². The van der Waals surface area contributed by atoms with Crippen molar-refractivity contribution in [2.24, 2.45) is 11.8 Å². The number of benzene rings is 1. The van der Waals surface area contributed by atoms with Gasteiger partial charge >= 0.3 is 0 Å². The molecule has 1 aliphatic rings. The summed E-state index contributed by atoms with van der Waals surface area (Å²) >= 11 is 5.82. The van der Waals surface area contributed by atoms with Crippen LogP contribution in [0.25, 0.3) is 0 Å². The molecule has 1 aliphatic carbocycles.